The van der Waals surface area contributed by atoms with E-state index in [1.165, 1.54) is 44.8 Å². The summed E-state index contributed by atoms with van der Waals surface area (Å²) in [6, 6.07) is 76.1. The van der Waals surface area contributed by atoms with Crippen molar-refractivity contribution in [3.8, 4) is 56.2 Å². The van der Waals surface area contributed by atoms with Gasteiger partial charge in [-0.3, -0.25) is 0 Å². The largest absolute Gasteiger partial charge is 0.310 e. The molecule has 3 heteroatoms. The Balaban J connectivity index is 1.18. The highest BCUT2D eigenvalue weighted by Crippen LogP contribution is 2.64. The summed E-state index contributed by atoms with van der Waals surface area (Å²) < 4.78 is 0. The second-order valence-electron chi connectivity index (χ2n) is 14.5. The minimum absolute atomic E-state index is 0.553. The number of rotatable bonds is 5. The zero-order valence-electron chi connectivity index (χ0n) is 30.5. The van der Waals surface area contributed by atoms with Crippen LogP contribution in [0.5, 0.6) is 0 Å². The van der Waals surface area contributed by atoms with E-state index in [1.54, 1.807) is 0 Å². The molecule has 56 heavy (non-hydrogen) atoms. The Bertz CT molecular complexity index is 2870. The highest BCUT2D eigenvalue weighted by Gasteiger charge is 2.52. The third-order valence-electron chi connectivity index (χ3n) is 11.5. The molecule has 1 aliphatic carbocycles. The molecule has 0 bridgehead atoms. The molecule has 0 atom stereocenters. The van der Waals surface area contributed by atoms with Gasteiger partial charge >= 0.3 is 0 Å². The standard InChI is InChI=1S/C53H35N3/c1-4-18-36(19-5-1)38-22-16-23-39(34-38)52-54-47(37-20-6-2-7-21-37)35-48(55-52)42-27-17-31-46-51(42)41-26-10-11-28-43(41)53(46)44-29-12-14-32-49(44)56(40-24-8-3-9-25-40)50-33-15-13-30-45(50)53/h1-35H. The first-order valence-corrected chi connectivity index (χ1v) is 19.2. The van der Waals surface area contributed by atoms with Gasteiger partial charge in [-0.15, -0.1) is 0 Å². The van der Waals surface area contributed by atoms with Crippen molar-refractivity contribution in [3.05, 3.63) is 235 Å². The number of fused-ring (bicyclic) bond motifs is 9. The van der Waals surface area contributed by atoms with Crippen LogP contribution in [0.3, 0.4) is 0 Å². The van der Waals surface area contributed by atoms with Crippen molar-refractivity contribution in [1.82, 2.24) is 9.97 Å². The first-order chi connectivity index (χ1) is 27.8. The molecule has 0 N–H and O–H groups in total. The van der Waals surface area contributed by atoms with Crippen LogP contribution in [0.4, 0.5) is 17.1 Å². The van der Waals surface area contributed by atoms with Crippen LogP contribution in [0.2, 0.25) is 0 Å². The van der Waals surface area contributed by atoms with Crippen LogP contribution >= 0.6 is 0 Å². The third-order valence-corrected chi connectivity index (χ3v) is 11.5. The fraction of sp³-hybridized carbons (Fsp3) is 0.0189. The summed E-state index contributed by atoms with van der Waals surface area (Å²) in [5.41, 5.74) is 17.6. The average molecular weight is 714 g/mol. The van der Waals surface area contributed by atoms with Crippen LogP contribution in [0, 0.1) is 0 Å². The van der Waals surface area contributed by atoms with E-state index >= 15 is 0 Å². The van der Waals surface area contributed by atoms with E-state index < -0.39 is 5.41 Å². The van der Waals surface area contributed by atoms with Gasteiger partial charge in [0.2, 0.25) is 0 Å². The van der Waals surface area contributed by atoms with Gasteiger partial charge in [0.15, 0.2) is 5.82 Å². The molecule has 9 aromatic rings. The molecule has 8 aromatic carbocycles. The molecule has 3 nitrogen and oxygen atoms in total. The highest BCUT2D eigenvalue weighted by molar-refractivity contribution is 6.00. The molecule has 0 fully saturated rings. The maximum atomic E-state index is 5.44. The van der Waals surface area contributed by atoms with E-state index in [9.17, 15) is 0 Å². The molecule has 0 unspecified atom stereocenters. The van der Waals surface area contributed by atoms with Crippen molar-refractivity contribution in [1.29, 1.82) is 0 Å². The number of nitrogens with zero attached hydrogens (tertiary/aromatic N) is 3. The van der Waals surface area contributed by atoms with Gasteiger partial charge in [-0.1, -0.05) is 176 Å². The summed E-state index contributed by atoms with van der Waals surface area (Å²) >= 11 is 0. The van der Waals surface area contributed by atoms with Gasteiger partial charge in [0.05, 0.1) is 28.2 Å². The molecule has 2 heterocycles. The Morgan fingerprint density at radius 1 is 0.339 bits per heavy atom. The summed E-state index contributed by atoms with van der Waals surface area (Å²) in [7, 11) is 0. The van der Waals surface area contributed by atoms with Crippen molar-refractivity contribution >= 4 is 17.1 Å². The van der Waals surface area contributed by atoms with E-state index in [0.29, 0.717) is 5.82 Å². The highest BCUT2D eigenvalue weighted by atomic mass is 15.2. The van der Waals surface area contributed by atoms with Crippen LogP contribution in [0.25, 0.3) is 56.2 Å². The molecule has 0 radical (unpaired) electrons. The Morgan fingerprint density at radius 3 is 1.55 bits per heavy atom. The zero-order valence-corrected chi connectivity index (χ0v) is 30.5. The van der Waals surface area contributed by atoms with Crippen molar-refractivity contribution in [2.45, 2.75) is 5.41 Å². The van der Waals surface area contributed by atoms with Crippen molar-refractivity contribution in [2.24, 2.45) is 0 Å². The van der Waals surface area contributed by atoms with Crippen LogP contribution in [-0.4, -0.2) is 9.97 Å². The van der Waals surface area contributed by atoms with Crippen molar-refractivity contribution < 1.29 is 0 Å². The number of hydrogen-bond acceptors (Lipinski definition) is 3. The van der Waals surface area contributed by atoms with E-state index in [0.717, 1.165) is 44.9 Å². The summed E-state index contributed by atoms with van der Waals surface area (Å²) in [5.74, 6) is 0.699. The first kappa shape index (κ1) is 32.1. The molecule has 1 aromatic heterocycles. The lowest BCUT2D eigenvalue weighted by Gasteiger charge is -2.45. The molecule has 11 rings (SSSR count). The molecule has 0 saturated heterocycles. The Hall–Kier alpha value is -7.36. The molecule has 262 valence electrons. The number of benzene rings is 8. The lowest BCUT2D eigenvalue weighted by molar-refractivity contribution is 0.753. The van der Waals surface area contributed by atoms with Gasteiger partial charge in [0.1, 0.15) is 0 Å². The number of anilines is 3. The van der Waals surface area contributed by atoms with Crippen LogP contribution in [-0.2, 0) is 5.41 Å². The summed E-state index contributed by atoms with van der Waals surface area (Å²) in [4.78, 5) is 13.1. The second-order valence-corrected chi connectivity index (χ2v) is 14.5. The topological polar surface area (TPSA) is 29.0 Å². The van der Waals surface area contributed by atoms with Gasteiger partial charge < -0.3 is 4.90 Å². The minimum Gasteiger partial charge on any atom is -0.310 e. The van der Waals surface area contributed by atoms with Gasteiger partial charge in [-0.05, 0) is 80.9 Å². The maximum absolute atomic E-state index is 5.44. The molecule has 1 aliphatic heterocycles. The number of hydrogen-bond donors (Lipinski definition) is 0. The minimum atomic E-state index is -0.553. The van der Waals surface area contributed by atoms with E-state index in [1.807, 2.05) is 0 Å². The average Bonchev–Trinajstić information content (AvgIpc) is 3.58. The molecule has 1 spiro atoms. The van der Waals surface area contributed by atoms with Gasteiger partial charge in [0.25, 0.3) is 0 Å². The van der Waals surface area contributed by atoms with E-state index in [2.05, 4.69) is 217 Å². The van der Waals surface area contributed by atoms with Crippen LogP contribution in [0.1, 0.15) is 22.3 Å². The zero-order chi connectivity index (χ0) is 37.1. The van der Waals surface area contributed by atoms with Gasteiger partial charge in [-0.2, -0.15) is 0 Å². The fourth-order valence-corrected chi connectivity index (χ4v) is 9.16. The Kier molecular flexibility index (Phi) is 7.39. The van der Waals surface area contributed by atoms with Crippen LogP contribution in [0.15, 0.2) is 212 Å². The SMILES string of the molecule is c1ccc(-c2cccc(-c3nc(-c4ccccc4)cc(-c4cccc5c4-c4ccccc4C54c5ccccc5N(c5ccccc5)c5ccccc54)n3)c2)cc1. The van der Waals surface area contributed by atoms with Gasteiger partial charge in [-0.25, -0.2) is 9.97 Å². The summed E-state index contributed by atoms with van der Waals surface area (Å²) in [6.07, 6.45) is 0. The van der Waals surface area contributed by atoms with Gasteiger partial charge in [0, 0.05) is 22.4 Å². The lowest BCUT2D eigenvalue weighted by Crippen LogP contribution is -2.36. The Morgan fingerprint density at radius 2 is 0.839 bits per heavy atom. The summed E-state index contributed by atoms with van der Waals surface area (Å²) in [5, 5.41) is 0. The summed E-state index contributed by atoms with van der Waals surface area (Å²) in [6.45, 7) is 0. The second kappa shape index (κ2) is 12.9. The third kappa shape index (κ3) is 4.84. The fourth-order valence-electron chi connectivity index (χ4n) is 9.16. The van der Waals surface area contributed by atoms with Crippen molar-refractivity contribution in [3.63, 3.8) is 0 Å². The number of aromatic nitrogens is 2. The monoisotopic (exact) mass is 713 g/mol. The molecular formula is C53H35N3. The van der Waals surface area contributed by atoms with E-state index in [4.69, 9.17) is 9.97 Å². The maximum Gasteiger partial charge on any atom is 0.160 e. The molecule has 0 amide bonds. The lowest BCUT2D eigenvalue weighted by atomic mass is 9.64. The normalized spacial score (nSPS) is 13.1. The molecular weight excluding hydrogens is 679 g/mol. The van der Waals surface area contributed by atoms with E-state index in [-0.39, 0.29) is 0 Å². The predicted molar refractivity (Wildman–Crippen MR) is 229 cm³/mol. The van der Waals surface area contributed by atoms with Crippen LogP contribution < -0.4 is 4.90 Å². The van der Waals surface area contributed by atoms with Crippen molar-refractivity contribution in [2.75, 3.05) is 4.90 Å². The smallest absolute Gasteiger partial charge is 0.160 e. The molecule has 0 saturated carbocycles. The quantitative estimate of drug-likeness (QED) is 0.178. The Labute approximate surface area is 326 Å². The predicted octanol–water partition coefficient (Wildman–Crippen LogP) is 13.3. The number of para-hydroxylation sites is 3. The molecule has 2 aliphatic rings. The first-order valence-electron chi connectivity index (χ1n) is 19.2.